The highest BCUT2D eigenvalue weighted by molar-refractivity contribution is 5.30. The van der Waals surface area contributed by atoms with Gasteiger partial charge in [-0.3, -0.25) is 0 Å². The molecule has 9 aromatic carbocycles. The standard InChI is InChI=1S/2C8H7F3.4C8H8F2.2C8H9F.C8H16.C8H10.C6H12O2/c2*1-4-3-6(9)5(2)8(11)7(4)10;1-5-3-8(10)6(2)4-7(5)9;2*1-5-3-7(9)6(2)8(10)4-5;1-5-3-4-6(2)8(10)7(5)9;2*1-6-3-4-7(2)8(9)5-6;2*1-7-3-5-8(2)6-4-7;1-5-3-7-6(2)8-4-5/h2*3H,1-2H3;4*3-4H,1-2H3;2*3-5H,1-2H3;7-8H,3-6H2,1-2H3;3-6H,1-2H3;5-6H,3-4H2,1-2H3. The van der Waals surface area contributed by atoms with Crippen LogP contribution in [0.4, 0.5) is 70.2 Å². The van der Waals surface area contributed by atoms with Crippen LogP contribution in [0, 0.1) is 235 Å². The van der Waals surface area contributed by atoms with E-state index in [4.69, 9.17) is 9.47 Å². The summed E-state index contributed by atoms with van der Waals surface area (Å²) in [5, 5.41) is 0. The van der Waals surface area contributed by atoms with Crippen molar-refractivity contribution in [3.05, 3.63) is 315 Å². The maximum absolute atomic E-state index is 12.6. The first-order chi connectivity index (χ1) is 48.3. The smallest absolute Gasteiger partial charge is 0.164 e. The van der Waals surface area contributed by atoms with Crippen LogP contribution < -0.4 is 0 Å². The fourth-order valence-corrected chi connectivity index (χ4v) is 8.80. The van der Waals surface area contributed by atoms with Gasteiger partial charge < -0.3 is 9.47 Å². The number of hydrogen-bond acceptors (Lipinski definition) is 2. The first kappa shape index (κ1) is 93.8. The van der Waals surface area contributed by atoms with E-state index in [0.717, 1.165) is 48.3 Å². The van der Waals surface area contributed by atoms with E-state index in [9.17, 15) is 70.2 Å². The van der Waals surface area contributed by atoms with Crippen LogP contribution in [0.25, 0.3) is 0 Å². The Morgan fingerprint density at radius 1 is 0.212 bits per heavy atom. The van der Waals surface area contributed by atoms with Crippen LogP contribution in [-0.2, 0) is 9.47 Å². The molecule has 1 aliphatic heterocycles. The van der Waals surface area contributed by atoms with Gasteiger partial charge in [0.1, 0.15) is 58.2 Å². The largest absolute Gasteiger partial charge is 0.353 e. The predicted molar refractivity (Wildman–Crippen MR) is 390 cm³/mol. The lowest BCUT2D eigenvalue weighted by Gasteiger charge is -2.24. The molecule has 2 fully saturated rings. The minimum Gasteiger partial charge on any atom is -0.353 e. The molecule has 0 aromatic heterocycles. The van der Waals surface area contributed by atoms with Crippen LogP contribution in [0.1, 0.15) is 154 Å². The lowest BCUT2D eigenvalue weighted by atomic mass is 9.84. The highest BCUT2D eigenvalue weighted by atomic mass is 19.2. The van der Waals surface area contributed by atoms with Crippen molar-refractivity contribution in [2.45, 2.75) is 184 Å². The van der Waals surface area contributed by atoms with Crippen molar-refractivity contribution in [3.63, 3.8) is 0 Å². The monoisotopic (exact) mass is 1470 g/mol. The molecule has 2 aliphatic rings. The van der Waals surface area contributed by atoms with E-state index in [1.54, 1.807) is 52.0 Å². The van der Waals surface area contributed by atoms with Gasteiger partial charge >= 0.3 is 0 Å². The topological polar surface area (TPSA) is 18.5 Å². The maximum Gasteiger partial charge on any atom is 0.164 e. The fraction of sp³-hybridized carbons (Fsp3) is 0.372. The molecule has 0 bridgehead atoms. The van der Waals surface area contributed by atoms with Crippen molar-refractivity contribution in [1.29, 1.82) is 0 Å². The quantitative estimate of drug-likeness (QED) is 0.111. The second-order valence-electron chi connectivity index (χ2n) is 26.6. The summed E-state index contributed by atoms with van der Waals surface area (Å²) >= 11 is 0. The number of halogens is 16. The molecular weight excluding hydrogens is 1370 g/mol. The molecule has 0 N–H and O–H groups in total. The van der Waals surface area contributed by atoms with E-state index in [0.29, 0.717) is 50.4 Å². The van der Waals surface area contributed by atoms with Crippen molar-refractivity contribution in [1.82, 2.24) is 0 Å². The van der Waals surface area contributed by atoms with Gasteiger partial charge in [0.25, 0.3) is 0 Å². The molecule has 570 valence electrons. The first-order valence-electron chi connectivity index (χ1n) is 33.9. The summed E-state index contributed by atoms with van der Waals surface area (Å²) in [6.07, 6.45) is 5.91. The Balaban J connectivity index is 0.000000573. The van der Waals surface area contributed by atoms with Gasteiger partial charge in [0, 0.05) is 28.2 Å². The van der Waals surface area contributed by atoms with E-state index in [2.05, 4.69) is 58.9 Å². The van der Waals surface area contributed by atoms with Gasteiger partial charge in [-0.15, -0.1) is 0 Å². The number of benzene rings is 9. The van der Waals surface area contributed by atoms with E-state index in [-0.39, 0.29) is 62.9 Å². The molecule has 9 aromatic rings. The predicted octanol–water partition coefficient (Wildman–Crippen LogP) is 26.8. The van der Waals surface area contributed by atoms with E-state index in [1.807, 2.05) is 32.9 Å². The van der Waals surface area contributed by atoms with E-state index in [1.165, 1.54) is 155 Å². The molecule has 0 atom stereocenters. The number of ether oxygens (including phenoxy) is 2. The van der Waals surface area contributed by atoms with Gasteiger partial charge in [-0.25, -0.2) is 70.2 Å². The molecule has 0 amide bonds. The minimum atomic E-state index is -1.09. The molecule has 0 spiro atoms. The van der Waals surface area contributed by atoms with Gasteiger partial charge in [-0.05, 0) is 271 Å². The molecule has 1 heterocycles. The van der Waals surface area contributed by atoms with Crippen molar-refractivity contribution in [2.24, 2.45) is 17.8 Å². The van der Waals surface area contributed by atoms with Gasteiger partial charge in [-0.2, -0.15) is 0 Å². The Labute approximate surface area is 606 Å². The van der Waals surface area contributed by atoms with Gasteiger partial charge in [0.05, 0.1) is 13.2 Å². The molecule has 0 unspecified atom stereocenters. The Hall–Kier alpha value is -8.22. The lowest BCUT2D eigenvalue weighted by molar-refractivity contribution is -0.187. The molecule has 18 heteroatoms. The number of rotatable bonds is 0. The van der Waals surface area contributed by atoms with Gasteiger partial charge in [0.15, 0.2) is 41.2 Å². The van der Waals surface area contributed by atoms with Gasteiger partial charge in [-0.1, -0.05) is 118 Å². The normalized spacial score (nSPS) is 14.5. The maximum atomic E-state index is 12.6. The van der Waals surface area contributed by atoms with Crippen molar-refractivity contribution in [2.75, 3.05) is 13.2 Å². The SMILES string of the molecule is CC1CCC(C)CC1.CC1COC(C)OC1.Cc1cc(F)c(C)c(F)c1.Cc1cc(F)c(C)c(F)c1.Cc1cc(F)c(C)c(F)c1F.Cc1cc(F)c(C)c(F)c1F.Cc1cc(F)c(C)cc1F.Cc1ccc(C)c(F)c1.Cc1ccc(C)c(F)c1.Cc1ccc(C)c(F)c1F.Cc1ccc(C)cc1. The molecule has 11 rings (SSSR count). The van der Waals surface area contributed by atoms with Crippen LogP contribution in [0.3, 0.4) is 0 Å². The molecule has 1 saturated carbocycles. The Bertz CT molecular complexity index is 3710. The molecule has 1 aliphatic carbocycles. The highest BCUT2D eigenvalue weighted by Gasteiger charge is 2.17. The van der Waals surface area contributed by atoms with Crippen molar-refractivity contribution < 1.29 is 79.7 Å². The average Bonchev–Trinajstić information content (AvgIpc) is 0.841. The average molecular weight is 1470 g/mol. The molecule has 104 heavy (non-hydrogen) atoms. The summed E-state index contributed by atoms with van der Waals surface area (Å²) < 4.78 is 212. The second-order valence-corrected chi connectivity index (χ2v) is 26.6. The second kappa shape index (κ2) is 46.6. The zero-order valence-corrected chi connectivity index (χ0v) is 64.0. The third-order valence-electron chi connectivity index (χ3n) is 16.3. The number of aryl methyl sites for hydroxylation is 14. The summed E-state index contributed by atoms with van der Waals surface area (Å²) in [5.74, 6) is -7.22. The van der Waals surface area contributed by atoms with E-state index >= 15 is 0 Å². The third kappa shape index (κ3) is 34.6. The first-order valence-corrected chi connectivity index (χ1v) is 33.9. The van der Waals surface area contributed by atoms with Crippen LogP contribution >= 0.6 is 0 Å². The van der Waals surface area contributed by atoms with Crippen LogP contribution in [0.5, 0.6) is 0 Å². The van der Waals surface area contributed by atoms with Gasteiger partial charge in [0.2, 0.25) is 0 Å². The summed E-state index contributed by atoms with van der Waals surface area (Å²) in [6.45, 7) is 39.3. The zero-order valence-electron chi connectivity index (χ0n) is 64.0. The fourth-order valence-electron chi connectivity index (χ4n) is 8.80. The Kier molecular flexibility index (Phi) is 42.0. The van der Waals surface area contributed by atoms with Crippen LogP contribution in [0.15, 0.2) is 121 Å². The molecule has 1 saturated heterocycles. The third-order valence-corrected chi connectivity index (χ3v) is 16.3. The molecule has 0 radical (unpaired) electrons. The Morgan fingerprint density at radius 2 is 0.433 bits per heavy atom. The van der Waals surface area contributed by atoms with Crippen LogP contribution in [0.2, 0.25) is 0 Å². The summed E-state index contributed by atoms with van der Waals surface area (Å²) in [7, 11) is 0. The summed E-state index contributed by atoms with van der Waals surface area (Å²) in [6, 6.07) is 31.7. The lowest BCUT2D eigenvalue weighted by Crippen LogP contribution is -2.27. The van der Waals surface area contributed by atoms with E-state index < -0.39 is 69.8 Å². The number of hydrogen-bond donors (Lipinski definition) is 0. The minimum absolute atomic E-state index is 0.00870. The van der Waals surface area contributed by atoms with Crippen LogP contribution in [-0.4, -0.2) is 19.5 Å². The van der Waals surface area contributed by atoms with Crippen molar-refractivity contribution >= 4 is 0 Å². The summed E-state index contributed by atoms with van der Waals surface area (Å²) in [5.41, 5.74) is 8.26. The Morgan fingerprint density at radius 3 is 0.692 bits per heavy atom. The highest BCUT2D eigenvalue weighted by Crippen LogP contribution is 2.28. The van der Waals surface area contributed by atoms with Crippen molar-refractivity contribution in [3.8, 4) is 0 Å². The molecule has 2 nitrogen and oxygen atoms in total. The summed E-state index contributed by atoms with van der Waals surface area (Å²) in [4.78, 5) is 0. The zero-order chi connectivity index (χ0) is 79.7. The molecular formula is C86H102F16O2.